The number of aliphatic imine (C=N–C) groups is 1. The summed E-state index contributed by atoms with van der Waals surface area (Å²) in [5, 5.41) is 29.3. The molecule has 0 aliphatic rings. The Bertz CT molecular complexity index is 1280. The molecule has 2 aromatic rings. The molecule has 0 aromatic heterocycles. The maximum atomic E-state index is 13.4. The van der Waals surface area contributed by atoms with Crippen molar-refractivity contribution in [3.05, 3.63) is 65.7 Å². The highest BCUT2D eigenvalue weighted by atomic mass is 16.4. The second-order valence-electron chi connectivity index (χ2n) is 10.6. The van der Waals surface area contributed by atoms with Gasteiger partial charge in [0.1, 0.15) is 30.2 Å². The second kappa shape index (κ2) is 17.7. The predicted octanol–water partition coefficient (Wildman–Crippen LogP) is 0.177. The first-order chi connectivity index (χ1) is 20.9. The third kappa shape index (κ3) is 12.4. The maximum absolute atomic E-state index is 13.4. The molecular weight excluding hydrogens is 570 g/mol. The minimum atomic E-state index is -1.34. The standard InChI is InChI=1S/C30H41N7O7/c1-18(2)25(27(41)34-21(17-38)15-19-7-4-3-5-8-19)37-26(40)23(9-6-14-33-29(31)32)35-30(44)36-24(28(42)43)16-20-10-12-22(39)13-11-20/h3-5,7-8,10-13,17-18,21,23-25,39H,6,9,14-16H2,1-2H3,(H,34,41)(H,37,40)(H,42,43)(H4,31,32,33)(H2,35,36,44)/t21-,23?,24?,25?/m1/s1. The smallest absolute Gasteiger partial charge is 0.326 e. The molecule has 0 fully saturated rings. The topological polar surface area (TPSA) is 238 Å². The van der Waals surface area contributed by atoms with E-state index in [1.54, 1.807) is 13.8 Å². The molecule has 10 N–H and O–H groups in total. The van der Waals surface area contributed by atoms with E-state index in [-0.39, 0.29) is 49.9 Å². The van der Waals surface area contributed by atoms with Crippen LogP contribution >= 0.6 is 0 Å². The Hall–Kier alpha value is -5.14. The molecule has 0 radical (unpaired) electrons. The number of amides is 4. The predicted molar refractivity (Wildman–Crippen MR) is 164 cm³/mol. The molecular formula is C30H41N7O7. The molecule has 238 valence electrons. The van der Waals surface area contributed by atoms with Gasteiger partial charge in [0, 0.05) is 13.0 Å². The first-order valence-corrected chi connectivity index (χ1v) is 14.1. The van der Waals surface area contributed by atoms with Crippen LogP contribution in [0.4, 0.5) is 4.79 Å². The molecule has 0 aliphatic carbocycles. The Kier molecular flexibility index (Phi) is 14.1. The van der Waals surface area contributed by atoms with Gasteiger partial charge in [-0.2, -0.15) is 0 Å². The normalized spacial score (nSPS) is 13.4. The number of hydrogen-bond acceptors (Lipinski definition) is 7. The number of benzene rings is 2. The van der Waals surface area contributed by atoms with Crippen molar-refractivity contribution in [2.75, 3.05) is 6.54 Å². The fraction of sp³-hybridized carbons (Fsp3) is 0.400. The lowest BCUT2D eigenvalue weighted by molar-refractivity contribution is -0.139. The summed E-state index contributed by atoms with van der Waals surface area (Å²) in [6.07, 6.45) is 1.14. The molecule has 2 aromatic carbocycles. The van der Waals surface area contributed by atoms with Gasteiger partial charge in [-0.3, -0.25) is 14.6 Å². The van der Waals surface area contributed by atoms with E-state index in [2.05, 4.69) is 26.3 Å². The van der Waals surface area contributed by atoms with Crippen molar-refractivity contribution in [1.82, 2.24) is 21.3 Å². The number of aromatic hydroxyl groups is 1. The largest absolute Gasteiger partial charge is 0.508 e. The molecule has 14 nitrogen and oxygen atoms in total. The third-order valence-corrected chi connectivity index (χ3v) is 6.58. The number of carbonyl (C=O) groups excluding carboxylic acids is 4. The highest BCUT2D eigenvalue weighted by molar-refractivity contribution is 5.93. The number of phenolic OH excluding ortho intramolecular Hbond substituents is 1. The molecule has 4 amide bonds. The van der Waals surface area contributed by atoms with Crippen LogP contribution in [0.3, 0.4) is 0 Å². The van der Waals surface area contributed by atoms with Gasteiger partial charge in [0.05, 0.1) is 6.04 Å². The number of aldehydes is 1. The van der Waals surface area contributed by atoms with Gasteiger partial charge >= 0.3 is 12.0 Å². The van der Waals surface area contributed by atoms with Gasteiger partial charge in [0.2, 0.25) is 11.8 Å². The Labute approximate surface area is 255 Å². The molecule has 0 heterocycles. The fourth-order valence-corrected chi connectivity index (χ4v) is 4.26. The Morgan fingerprint density at radius 3 is 2.02 bits per heavy atom. The Balaban J connectivity index is 2.13. The van der Waals surface area contributed by atoms with Crippen LogP contribution in [0.15, 0.2) is 59.6 Å². The van der Waals surface area contributed by atoms with Crippen LogP contribution in [0.5, 0.6) is 5.75 Å². The Morgan fingerprint density at radius 1 is 0.841 bits per heavy atom. The van der Waals surface area contributed by atoms with E-state index in [4.69, 9.17) is 11.5 Å². The average Bonchev–Trinajstić information content (AvgIpc) is 2.97. The Morgan fingerprint density at radius 2 is 1.45 bits per heavy atom. The molecule has 0 bridgehead atoms. The highest BCUT2D eigenvalue weighted by Gasteiger charge is 2.30. The number of carboxylic acids is 1. The van der Waals surface area contributed by atoms with E-state index in [0.717, 1.165) is 5.56 Å². The van der Waals surface area contributed by atoms with Gasteiger partial charge in [0.15, 0.2) is 5.96 Å². The van der Waals surface area contributed by atoms with Gasteiger partial charge in [-0.25, -0.2) is 9.59 Å². The lowest BCUT2D eigenvalue weighted by Crippen LogP contribution is -2.58. The maximum Gasteiger partial charge on any atom is 0.326 e. The molecule has 4 atom stereocenters. The summed E-state index contributed by atoms with van der Waals surface area (Å²) in [5.74, 6) is -3.11. The van der Waals surface area contributed by atoms with Crippen LogP contribution in [0.25, 0.3) is 0 Å². The number of nitrogens with one attached hydrogen (secondary N) is 4. The first kappa shape index (κ1) is 35.1. The van der Waals surface area contributed by atoms with Crippen LogP contribution in [-0.2, 0) is 32.0 Å². The van der Waals surface area contributed by atoms with Gasteiger partial charge in [-0.15, -0.1) is 0 Å². The van der Waals surface area contributed by atoms with E-state index in [0.29, 0.717) is 11.8 Å². The lowest BCUT2D eigenvalue weighted by Gasteiger charge is -2.27. The summed E-state index contributed by atoms with van der Waals surface area (Å²) < 4.78 is 0. The monoisotopic (exact) mass is 611 g/mol. The SMILES string of the molecule is CC(C)C(NC(=O)C(CCCN=C(N)N)NC(=O)NC(Cc1ccc(O)cc1)C(=O)O)C(=O)N[C@@H](C=O)Cc1ccccc1. The number of carboxylic acid groups (broad SMARTS) is 1. The second-order valence-corrected chi connectivity index (χ2v) is 10.6. The third-order valence-electron chi connectivity index (χ3n) is 6.58. The zero-order valence-corrected chi connectivity index (χ0v) is 24.7. The van der Waals surface area contributed by atoms with Crippen molar-refractivity contribution in [2.24, 2.45) is 22.4 Å². The number of aliphatic carboxylic acids is 1. The van der Waals surface area contributed by atoms with E-state index in [9.17, 15) is 34.2 Å². The van der Waals surface area contributed by atoms with Crippen molar-refractivity contribution >= 4 is 36.1 Å². The van der Waals surface area contributed by atoms with Crippen LogP contribution < -0.4 is 32.7 Å². The number of nitrogens with zero attached hydrogens (tertiary/aromatic N) is 1. The number of carbonyl (C=O) groups is 5. The summed E-state index contributed by atoms with van der Waals surface area (Å²) in [5.41, 5.74) is 12.1. The zero-order valence-electron chi connectivity index (χ0n) is 24.7. The van der Waals surface area contributed by atoms with Gasteiger partial charge < -0.3 is 47.7 Å². The summed E-state index contributed by atoms with van der Waals surface area (Å²) in [4.78, 5) is 66.9. The molecule has 0 saturated carbocycles. The van der Waals surface area contributed by atoms with Crippen molar-refractivity contribution in [3.63, 3.8) is 0 Å². The summed E-state index contributed by atoms with van der Waals surface area (Å²) in [7, 11) is 0. The van der Waals surface area contributed by atoms with Crippen molar-refractivity contribution in [3.8, 4) is 5.75 Å². The minimum Gasteiger partial charge on any atom is -0.508 e. The van der Waals surface area contributed by atoms with Gasteiger partial charge in [0.25, 0.3) is 0 Å². The minimum absolute atomic E-state index is 0.00663. The highest BCUT2D eigenvalue weighted by Crippen LogP contribution is 2.12. The van der Waals surface area contributed by atoms with Crippen LogP contribution in [0, 0.1) is 5.92 Å². The number of urea groups is 1. The van der Waals surface area contributed by atoms with Crippen molar-refractivity contribution < 1.29 is 34.2 Å². The summed E-state index contributed by atoms with van der Waals surface area (Å²) in [6, 6.07) is 9.63. The van der Waals surface area contributed by atoms with Crippen molar-refractivity contribution in [2.45, 2.75) is 63.7 Å². The number of nitrogens with two attached hydrogens (primary N) is 2. The first-order valence-electron chi connectivity index (χ1n) is 14.1. The molecule has 0 spiro atoms. The molecule has 0 aliphatic heterocycles. The average molecular weight is 612 g/mol. The number of phenols is 1. The van der Waals surface area contributed by atoms with E-state index in [1.165, 1.54) is 24.3 Å². The van der Waals surface area contributed by atoms with E-state index < -0.39 is 48.0 Å². The fourth-order valence-electron chi connectivity index (χ4n) is 4.26. The lowest BCUT2D eigenvalue weighted by atomic mass is 10.0. The van der Waals surface area contributed by atoms with Crippen LogP contribution in [0.1, 0.15) is 37.8 Å². The van der Waals surface area contributed by atoms with E-state index in [1.807, 2.05) is 30.3 Å². The van der Waals surface area contributed by atoms with E-state index >= 15 is 0 Å². The molecule has 3 unspecified atom stereocenters. The van der Waals surface area contributed by atoms with Crippen LogP contribution in [-0.4, -0.2) is 77.0 Å². The molecule has 14 heteroatoms. The quantitative estimate of drug-likeness (QED) is 0.0526. The molecule has 0 saturated heterocycles. The number of guanidine groups is 1. The van der Waals surface area contributed by atoms with Crippen molar-refractivity contribution in [1.29, 1.82) is 0 Å². The number of rotatable bonds is 17. The molecule has 44 heavy (non-hydrogen) atoms. The van der Waals surface area contributed by atoms with Crippen LogP contribution in [0.2, 0.25) is 0 Å². The zero-order chi connectivity index (χ0) is 32.6. The van der Waals surface area contributed by atoms with Gasteiger partial charge in [-0.05, 0) is 48.4 Å². The van der Waals surface area contributed by atoms with Gasteiger partial charge in [-0.1, -0.05) is 56.3 Å². The summed E-state index contributed by atoms with van der Waals surface area (Å²) in [6.45, 7) is 3.58. The number of hydrogen-bond donors (Lipinski definition) is 8. The molecule has 2 rings (SSSR count). The summed E-state index contributed by atoms with van der Waals surface area (Å²) >= 11 is 0.